The highest BCUT2D eigenvalue weighted by Crippen LogP contribution is 1.93. The van der Waals surface area contributed by atoms with Crippen LogP contribution in [0.15, 0.2) is 12.4 Å². The summed E-state index contributed by atoms with van der Waals surface area (Å²) >= 11 is 0. The van der Waals surface area contributed by atoms with Crippen molar-refractivity contribution in [1.82, 2.24) is 15.2 Å². The minimum absolute atomic E-state index is 0.0903. The second kappa shape index (κ2) is 1.98. The van der Waals surface area contributed by atoms with E-state index in [9.17, 15) is 0 Å². The Balaban J connectivity index is 3.05. The summed E-state index contributed by atoms with van der Waals surface area (Å²) in [4.78, 5) is 6.51. The molecule has 0 N–H and O–H groups in total. The zero-order valence-corrected chi connectivity index (χ0v) is 3.94. The predicted molar refractivity (Wildman–Crippen MR) is 26.1 cm³/mol. The van der Waals surface area contributed by atoms with Gasteiger partial charge in [-0.2, -0.15) is 4.98 Å². The minimum atomic E-state index is 0.0903. The van der Waals surface area contributed by atoms with Crippen LogP contribution in [0, 0.1) is 6.57 Å². The molecule has 0 aliphatic rings. The number of aromatic nitrogens is 3. The molecule has 0 unspecified atom stereocenters. The molecule has 0 aliphatic carbocycles. The molecule has 4 heteroatoms. The van der Waals surface area contributed by atoms with Gasteiger partial charge in [0.05, 0.1) is 6.20 Å². The van der Waals surface area contributed by atoms with Crippen LogP contribution in [0.4, 0.5) is 5.95 Å². The molecule has 0 atom stereocenters. The number of rotatable bonds is 0. The van der Waals surface area contributed by atoms with Gasteiger partial charge in [-0.05, 0) is 5.10 Å². The first kappa shape index (κ1) is 4.65. The lowest BCUT2D eigenvalue weighted by molar-refractivity contribution is 0.993. The van der Waals surface area contributed by atoms with Crippen molar-refractivity contribution in [2.75, 3.05) is 0 Å². The van der Waals surface area contributed by atoms with Crippen molar-refractivity contribution in [2.45, 2.75) is 0 Å². The molecule has 4 nitrogen and oxygen atoms in total. The smallest absolute Gasteiger partial charge is 0.393 e. The molecule has 0 bridgehead atoms. The molecule has 1 heterocycles. The maximum atomic E-state index is 6.40. The third-order valence-electron chi connectivity index (χ3n) is 0.571. The summed E-state index contributed by atoms with van der Waals surface area (Å²) in [6, 6.07) is 0. The van der Waals surface area contributed by atoms with Crippen molar-refractivity contribution in [3.05, 3.63) is 23.8 Å². The van der Waals surface area contributed by atoms with Crippen molar-refractivity contribution in [3.63, 3.8) is 0 Å². The van der Waals surface area contributed by atoms with Gasteiger partial charge in [0.1, 0.15) is 6.20 Å². The zero-order chi connectivity index (χ0) is 5.82. The quantitative estimate of drug-likeness (QED) is 0.450. The van der Waals surface area contributed by atoms with Crippen LogP contribution in [0.3, 0.4) is 0 Å². The number of hydrogen-bond acceptors (Lipinski definition) is 3. The Morgan fingerprint density at radius 3 is 2.75 bits per heavy atom. The Morgan fingerprint density at radius 1 is 1.50 bits per heavy atom. The minimum Gasteiger partial charge on any atom is -0.393 e. The van der Waals surface area contributed by atoms with Crippen molar-refractivity contribution in [1.29, 1.82) is 0 Å². The third-order valence-corrected chi connectivity index (χ3v) is 0.571. The van der Waals surface area contributed by atoms with Gasteiger partial charge in [0.15, 0.2) is 0 Å². The standard InChI is InChI=1S/C4H2N4/c1-5-4-6-2-3-7-8-4/h2-3H. The van der Waals surface area contributed by atoms with Crippen molar-refractivity contribution in [2.24, 2.45) is 0 Å². The fraction of sp³-hybridized carbons (Fsp3) is 0. The molecule has 1 aromatic heterocycles. The van der Waals surface area contributed by atoms with Crippen molar-refractivity contribution < 1.29 is 0 Å². The van der Waals surface area contributed by atoms with Crippen LogP contribution < -0.4 is 0 Å². The summed E-state index contributed by atoms with van der Waals surface area (Å²) in [7, 11) is 0. The normalized spacial score (nSPS) is 7.88. The Hall–Kier alpha value is -1.50. The molecule has 0 amide bonds. The maximum Gasteiger partial charge on any atom is 0.393 e. The fourth-order valence-corrected chi connectivity index (χ4v) is 0.292. The van der Waals surface area contributed by atoms with Crippen molar-refractivity contribution in [3.8, 4) is 0 Å². The molecule has 0 spiro atoms. The van der Waals surface area contributed by atoms with E-state index in [-0.39, 0.29) is 5.95 Å². The zero-order valence-electron chi connectivity index (χ0n) is 3.94. The SMILES string of the molecule is [C-]#[N+]c1nccnn1. The van der Waals surface area contributed by atoms with Gasteiger partial charge in [-0.25, -0.2) is 0 Å². The molecule has 8 heavy (non-hydrogen) atoms. The van der Waals surface area contributed by atoms with E-state index in [0.29, 0.717) is 0 Å². The van der Waals surface area contributed by atoms with Crippen molar-refractivity contribution >= 4 is 5.95 Å². The van der Waals surface area contributed by atoms with Crippen LogP contribution in [0.1, 0.15) is 0 Å². The Labute approximate surface area is 46.0 Å². The second-order valence-electron chi connectivity index (χ2n) is 1.05. The molecule has 0 saturated heterocycles. The summed E-state index contributed by atoms with van der Waals surface area (Å²) in [5.41, 5.74) is 0. The average Bonchev–Trinajstić information content (AvgIpc) is 1.90. The highest BCUT2D eigenvalue weighted by molar-refractivity contribution is 5.19. The van der Waals surface area contributed by atoms with Gasteiger partial charge < -0.3 is 4.85 Å². The van der Waals surface area contributed by atoms with Gasteiger partial charge in [-0.3, -0.25) is 0 Å². The van der Waals surface area contributed by atoms with Gasteiger partial charge in [0.25, 0.3) is 0 Å². The van der Waals surface area contributed by atoms with E-state index in [2.05, 4.69) is 20.0 Å². The molecule has 1 rings (SSSR count). The van der Waals surface area contributed by atoms with Gasteiger partial charge in [0, 0.05) is 0 Å². The molecule has 0 aromatic carbocycles. The van der Waals surface area contributed by atoms with Crippen LogP contribution in [-0.4, -0.2) is 15.2 Å². The molecular weight excluding hydrogens is 104 g/mol. The average molecular weight is 106 g/mol. The van der Waals surface area contributed by atoms with Gasteiger partial charge in [-0.15, -0.1) is 6.57 Å². The lowest BCUT2D eigenvalue weighted by Gasteiger charge is -1.76. The van der Waals surface area contributed by atoms with Crippen LogP contribution in [0.2, 0.25) is 0 Å². The van der Waals surface area contributed by atoms with E-state index in [4.69, 9.17) is 6.57 Å². The highest BCUT2D eigenvalue weighted by atomic mass is 15.2. The van der Waals surface area contributed by atoms with Crippen LogP contribution >= 0.6 is 0 Å². The van der Waals surface area contributed by atoms with Crippen LogP contribution in [0.5, 0.6) is 0 Å². The predicted octanol–water partition coefficient (Wildman–Crippen LogP) is 0.422. The largest absolute Gasteiger partial charge is 0.393 e. The molecular formula is C4H2N4. The fourth-order valence-electron chi connectivity index (χ4n) is 0.292. The second-order valence-corrected chi connectivity index (χ2v) is 1.05. The first-order valence-corrected chi connectivity index (χ1v) is 1.94. The Bertz CT molecular complexity index is 199. The topological polar surface area (TPSA) is 43.0 Å². The van der Waals surface area contributed by atoms with E-state index in [1.807, 2.05) is 0 Å². The lowest BCUT2D eigenvalue weighted by atomic mass is 10.9. The lowest BCUT2D eigenvalue weighted by Crippen LogP contribution is -1.78. The first-order chi connectivity index (χ1) is 3.93. The summed E-state index contributed by atoms with van der Waals surface area (Å²) in [5.74, 6) is 0.0903. The van der Waals surface area contributed by atoms with E-state index in [1.54, 1.807) is 0 Å². The van der Waals surface area contributed by atoms with E-state index >= 15 is 0 Å². The monoisotopic (exact) mass is 106 g/mol. The summed E-state index contributed by atoms with van der Waals surface area (Å²) < 4.78 is 0. The molecule has 1 aromatic rings. The molecule has 0 aliphatic heterocycles. The molecule has 0 fully saturated rings. The summed E-state index contributed by atoms with van der Waals surface area (Å²) in [6.45, 7) is 6.40. The summed E-state index contributed by atoms with van der Waals surface area (Å²) in [5, 5.41) is 6.81. The maximum absolute atomic E-state index is 6.40. The molecule has 0 radical (unpaired) electrons. The van der Waals surface area contributed by atoms with Crippen LogP contribution in [0.25, 0.3) is 4.85 Å². The molecule has 0 saturated carbocycles. The van der Waals surface area contributed by atoms with Gasteiger partial charge in [0.2, 0.25) is 0 Å². The van der Waals surface area contributed by atoms with Gasteiger partial charge >= 0.3 is 5.95 Å². The van der Waals surface area contributed by atoms with Crippen LogP contribution in [-0.2, 0) is 0 Å². The van der Waals surface area contributed by atoms with E-state index < -0.39 is 0 Å². The van der Waals surface area contributed by atoms with E-state index in [1.165, 1.54) is 12.4 Å². The Morgan fingerprint density at radius 2 is 2.38 bits per heavy atom. The number of nitrogens with zero attached hydrogens (tertiary/aromatic N) is 4. The third kappa shape index (κ3) is 0.763. The summed E-state index contributed by atoms with van der Waals surface area (Å²) in [6.07, 6.45) is 2.86. The number of hydrogen-bond donors (Lipinski definition) is 0. The van der Waals surface area contributed by atoms with Gasteiger partial charge in [-0.1, -0.05) is 5.10 Å². The Kier molecular flexibility index (Phi) is 1.15. The highest BCUT2D eigenvalue weighted by Gasteiger charge is 1.87. The van der Waals surface area contributed by atoms with E-state index in [0.717, 1.165) is 0 Å². The first-order valence-electron chi connectivity index (χ1n) is 1.94. The molecule has 38 valence electrons.